The second kappa shape index (κ2) is 7.42. The lowest BCUT2D eigenvalue weighted by atomic mass is 9.98. The molecule has 2 aliphatic heterocycles. The zero-order valence-corrected chi connectivity index (χ0v) is 16.7. The Morgan fingerprint density at radius 1 is 1.30 bits per heavy atom. The van der Waals surface area contributed by atoms with E-state index in [0.717, 1.165) is 16.8 Å². The Morgan fingerprint density at radius 3 is 2.67 bits per heavy atom. The van der Waals surface area contributed by atoms with Crippen LogP contribution < -0.4 is 5.32 Å². The van der Waals surface area contributed by atoms with Gasteiger partial charge in [-0.25, -0.2) is 13.4 Å². The number of benzene rings is 1. The minimum absolute atomic E-state index is 0.0550. The van der Waals surface area contributed by atoms with E-state index in [1.165, 1.54) is 5.01 Å². The van der Waals surface area contributed by atoms with Crippen molar-refractivity contribution in [3.63, 3.8) is 0 Å². The summed E-state index contributed by atoms with van der Waals surface area (Å²) in [4.78, 5) is 25.0. The highest BCUT2D eigenvalue weighted by Gasteiger charge is 2.37. The van der Waals surface area contributed by atoms with Gasteiger partial charge in [-0.05, 0) is 30.4 Å². The molecule has 1 fully saturated rings. The maximum Gasteiger partial charge on any atom is 0.271 e. The average molecular weight is 391 g/mol. The summed E-state index contributed by atoms with van der Waals surface area (Å²) in [6, 6.07) is 5.40. The van der Waals surface area contributed by atoms with Crippen molar-refractivity contribution in [2.45, 2.75) is 52.0 Å². The molecule has 146 valence electrons. The number of sulfone groups is 1. The number of para-hydroxylation sites is 1. The molecule has 27 heavy (non-hydrogen) atoms. The summed E-state index contributed by atoms with van der Waals surface area (Å²) < 4.78 is 23.4. The van der Waals surface area contributed by atoms with Gasteiger partial charge in [0.1, 0.15) is 5.71 Å². The zero-order chi connectivity index (χ0) is 19.8. The molecule has 2 aliphatic rings. The summed E-state index contributed by atoms with van der Waals surface area (Å²) in [5.74, 6) is -0.362. The highest BCUT2D eigenvalue weighted by molar-refractivity contribution is 7.91. The van der Waals surface area contributed by atoms with Crippen LogP contribution >= 0.6 is 0 Å². The van der Waals surface area contributed by atoms with E-state index in [2.05, 4.69) is 24.3 Å². The third-order valence-electron chi connectivity index (χ3n) is 5.04. The molecule has 0 aliphatic carbocycles. The molecule has 8 heteroatoms. The number of anilines is 1. The third-order valence-corrected chi connectivity index (χ3v) is 6.79. The van der Waals surface area contributed by atoms with Gasteiger partial charge in [0.2, 0.25) is 5.91 Å². The fraction of sp³-hybridized carbons (Fsp3) is 0.526. The number of hydrogen-bond acceptors (Lipinski definition) is 5. The number of carbonyl (C=O) groups excluding carboxylic acids is 2. The van der Waals surface area contributed by atoms with E-state index in [1.807, 2.05) is 25.1 Å². The van der Waals surface area contributed by atoms with Gasteiger partial charge < -0.3 is 5.32 Å². The van der Waals surface area contributed by atoms with Gasteiger partial charge in [-0.1, -0.05) is 32.0 Å². The Bertz CT molecular complexity index is 906. The van der Waals surface area contributed by atoms with Crippen LogP contribution in [0, 0.1) is 6.92 Å². The molecule has 0 radical (unpaired) electrons. The molecule has 0 saturated carbocycles. The van der Waals surface area contributed by atoms with Crippen LogP contribution in [-0.4, -0.2) is 48.5 Å². The summed E-state index contributed by atoms with van der Waals surface area (Å²) in [5.41, 5.74) is 3.03. The van der Waals surface area contributed by atoms with Gasteiger partial charge in [0.05, 0.1) is 17.5 Å². The number of aryl methyl sites for hydroxylation is 1. The fourth-order valence-corrected chi connectivity index (χ4v) is 5.21. The lowest BCUT2D eigenvalue weighted by molar-refractivity contribution is -0.133. The summed E-state index contributed by atoms with van der Waals surface area (Å²) in [6.07, 6.45) is 0.777. The minimum Gasteiger partial charge on any atom is -0.320 e. The van der Waals surface area contributed by atoms with E-state index >= 15 is 0 Å². The third kappa shape index (κ3) is 4.21. The maximum absolute atomic E-state index is 12.8. The highest BCUT2D eigenvalue weighted by Crippen LogP contribution is 2.28. The molecule has 0 bridgehead atoms. The zero-order valence-electron chi connectivity index (χ0n) is 15.9. The van der Waals surface area contributed by atoms with Gasteiger partial charge in [-0.15, -0.1) is 0 Å². The maximum atomic E-state index is 12.8. The van der Waals surface area contributed by atoms with Crippen molar-refractivity contribution >= 4 is 33.1 Å². The number of rotatable bonds is 4. The molecule has 1 aromatic carbocycles. The molecule has 0 aromatic heterocycles. The summed E-state index contributed by atoms with van der Waals surface area (Å²) >= 11 is 0. The van der Waals surface area contributed by atoms with Crippen molar-refractivity contribution in [1.82, 2.24) is 5.01 Å². The van der Waals surface area contributed by atoms with Crippen LogP contribution in [0.25, 0.3) is 0 Å². The van der Waals surface area contributed by atoms with Crippen LogP contribution in [-0.2, 0) is 19.4 Å². The summed E-state index contributed by atoms with van der Waals surface area (Å²) in [6.45, 7) is 6.05. The van der Waals surface area contributed by atoms with E-state index in [1.54, 1.807) is 0 Å². The van der Waals surface area contributed by atoms with E-state index in [9.17, 15) is 18.0 Å². The summed E-state index contributed by atoms with van der Waals surface area (Å²) in [5, 5.41) is 8.39. The number of hydrogen-bond donors (Lipinski definition) is 1. The van der Waals surface area contributed by atoms with E-state index in [0.29, 0.717) is 6.42 Å². The first-order valence-electron chi connectivity index (χ1n) is 9.19. The Balaban J connectivity index is 1.83. The molecule has 1 atom stereocenters. The van der Waals surface area contributed by atoms with Crippen LogP contribution in [0.3, 0.4) is 0 Å². The average Bonchev–Trinajstić information content (AvgIpc) is 2.96. The monoisotopic (exact) mass is 391 g/mol. The smallest absolute Gasteiger partial charge is 0.271 e. The number of nitrogens with zero attached hydrogens (tertiary/aromatic N) is 2. The Kier molecular flexibility index (Phi) is 5.37. The molecule has 1 N–H and O–H groups in total. The molecule has 1 saturated heterocycles. The molecule has 0 unspecified atom stereocenters. The van der Waals surface area contributed by atoms with Crippen molar-refractivity contribution < 1.29 is 18.0 Å². The molecule has 7 nitrogen and oxygen atoms in total. The second-order valence-corrected chi connectivity index (χ2v) is 9.72. The van der Waals surface area contributed by atoms with Gasteiger partial charge in [0, 0.05) is 18.5 Å². The number of hydrazone groups is 1. The van der Waals surface area contributed by atoms with Crippen LogP contribution in [0.4, 0.5) is 5.69 Å². The van der Waals surface area contributed by atoms with E-state index in [4.69, 9.17) is 0 Å². The molecule has 0 spiro atoms. The standard InChI is InChI=1S/C19H25N3O4S/c1-12(2)15-6-4-5-13(3)18(15)20-19(24)16-7-8-17(23)22(21-16)14-9-10-27(25,26)11-14/h4-6,12,14H,7-11H2,1-3H3,(H,20,24)/t14-/m0/s1. The minimum atomic E-state index is -3.14. The summed E-state index contributed by atoms with van der Waals surface area (Å²) in [7, 11) is -3.14. The van der Waals surface area contributed by atoms with Crippen molar-refractivity contribution in [2.24, 2.45) is 5.10 Å². The fourth-order valence-electron chi connectivity index (χ4n) is 3.52. The number of amides is 2. The first-order valence-corrected chi connectivity index (χ1v) is 11.0. The Morgan fingerprint density at radius 2 is 2.04 bits per heavy atom. The van der Waals surface area contributed by atoms with Crippen molar-refractivity contribution in [3.8, 4) is 0 Å². The molecule has 1 aromatic rings. The van der Waals surface area contributed by atoms with Crippen LogP contribution in [0.1, 0.15) is 50.2 Å². The van der Waals surface area contributed by atoms with Gasteiger partial charge in [0.15, 0.2) is 9.84 Å². The lowest BCUT2D eigenvalue weighted by Crippen LogP contribution is -2.42. The lowest BCUT2D eigenvalue weighted by Gasteiger charge is -2.27. The Labute approximate surface area is 159 Å². The number of nitrogens with one attached hydrogen (secondary N) is 1. The number of carbonyl (C=O) groups is 2. The molecule has 2 heterocycles. The van der Waals surface area contributed by atoms with Crippen molar-refractivity contribution in [1.29, 1.82) is 0 Å². The molecule has 2 amide bonds. The van der Waals surface area contributed by atoms with Crippen LogP contribution in [0.15, 0.2) is 23.3 Å². The SMILES string of the molecule is Cc1cccc(C(C)C)c1NC(=O)C1=NN([C@H]2CCS(=O)(=O)C2)C(=O)CC1. The first kappa shape index (κ1) is 19.5. The largest absolute Gasteiger partial charge is 0.320 e. The first-order chi connectivity index (χ1) is 12.7. The second-order valence-electron chi connectivity index (χ2n) is 7.49. The van der Waals surface area contributed by atoms with Crippen molar-refractivity contribution in [3.05, 3.63) is 29.3 Å². The predicted molar refractivity (Wildman–Crippen MR) is 104 cm³/mol. The van der Waals surface area contributed by atoms with Gasteiger partial charge in [-0.2, -0.15) is 5.10 Å². The van der Waals surface area contributed by atoms with E-state index < -0.39 is 15.9 Å². The predicted octanol–water partition coefficient (Wildman–Crippen LogP) is 2.22. The van der Waals surface area contributed by atoms with Gasteiger partial charge in [-0.3, -0.25) is 9.59 Å². The highest BCUT2D eigenvalue weighted by atomic mass is 32.2. The molecular formula is C19H25N3O4S. The van der Waals surface area contributed by atoms with E-state index in [-0.39, 0.29) is 47.8 Å². The molecule has 3 rings (SSSR count). The van der Waals surface area contributed by atoms with Crippen molar-refractivity contribution in [2.75, 3.05) is 16.8 Å². The Hall–Kier alpha value is -2.22. The normalized spacial score (nSPS) is 22.1. The van der Waals surface area contributed by atoms with Gasteiger partial charge >= 0.3 is 0 Å². The quantitative estimate of drug-likeness (QED) is 0.851. The topological polar surface area (TPSA) is 95.9 Å². The van der Waals surface area contributed by atoms with Gasteiger partial charge in [0.25, 0.3) is 5.91 Å². The molecular weight excluding hydrogens is 366 g/mol. The van der Waals surface area contributed by atoms with Crippen LogP contribution in [0.2, 0.25) is 0 Å². The van der Waals surface area contributed by atoms with Crippen LogP contribution in [0.5, 0.6) is 0 Å².